The van der Waals surface area contributed by atoms with Crippen molar-refractivity contribution in [3.8, 4) is 0 Å². The van der Waals surface area contributed by atoms with Gasteiger partial charge in [0.2, 0.25) is 15.9 Å². The highest BCUT2D eigenvalue weighted by Gasteiger charge is 2.34. The molecule has 2 N–H and O–H groups in total. The molecule has 0 aliphatic carbocycles. The van der Waals surface area contributed by atoms with Crippen molar-refractivity contribution in [1.82, 2.24) is 9.62 Å². The normalized spacial score (nSPS) is 19.6. The first-order valence-corrected chi connectivity index (χ1v) is 10.6. The Balaban J connectivity index is 2.09. The van der Waals surface area contributed by atoms with Crippen molar-refractivity contribution in [2.45, 2.75) is 51.0 Å². The number of hydrogen-bond acceptors (Lipinski definition) is 4. The zero-order valence-electron chi connectivity index (χ0n) is 16.0. The Morgan fingerprint density at radius 1 is 1.26 bits per heavy atom. The molecule has 7 nitrogen and oxygen atoms in total. The Kier molecular flexibility index (Phi) is 7.00. The Labute approximate surface area is 160 Å². The number of carbonyl (C=O) groups is 2. The molecule has 150 valence electrons. The third kappa shape index (κ3) is 5.52. The zero-order chi connectivity index (χ0) is 20.2. The zero-order valence-corrected chi connectivity index (χ0v) is 16.8. The molecular weight excluding hydrogens is 368 g/mol. The molecule has 0 aromatic heterocycles. The Morgan fingerprint density at radius 2 is 1.89 bits per heavy atom. The van der Waals surface area contributed by atoms with Crippen LogP contribution in [0.4, 0.5) is 0 Å². The number of benzene rings is 1. The molecule has 1 fully saturated rings. The third-order valence-corrected chi connectivity index (χ3v) is 6.61. The summed E-state index contributed by atoms with van der Waals surface area (Å²) in [6.45, 7) is 6.08. The minimum Gasteiger partial charge on any atom is -0.480 e. The minimum atomic E-state index is -3.67. The number of nitrogens with one attached hydrogen (secondary N) is 1. The standard InChI is InChI=1S/C19H28N2O5S/c1-13(2)11-17(19(23)24)20-18(22)15-5-4-10-21(12-15)27(25,26)16-8-6-14(3)7-9-16/h6-9,13,15,17H,4-5,10-12H2,1-3H3,(H,20,22)(H,23,24)/t15?,17-/m0/s1. The Morgan fingerprint density at radius 3 is 2.44 bits per heavy atom. The van der Waals surface area contributed by atoms with E-state index in [0.717, 1.165) is 5.56 Å². The van der Waals surface area contributed by atoms with Crippen molar-refractivity contribution in [3.63, 3.8) is 0 Å². The molecule has 8 heteroatoms. The molecule has 2 rings (SSSR count). The van der Waals surface area contributed by atoms with Gasteiger partial charge in [-0.05, 0) is 44.2 Å². The number of carboxylic acids is 1. The Bertz CT molecular complexity index is 774. The number of amides is 1. The third-order valence-electron chi connectivity index (χ3n) is 4.74. The number of hydrogen-bond donors (Lipinski definition) is 2. The van der Waals surface area contributed by atoms with E-state index in [0.29, 0.717) is 25.8 Å². The minimum absolute atomic E-state index is 0.0655. The lowest BCUT2D eigenvalue weighted by Gasteiger charge is -2.32. The smallest absolute Gasteiger partial charge is 0.326 e. The Hall–Kier alpha value is -1.93. The lowest BCUT2D eigenvalue weighted by atomic mass is 9.97. The van der Waals surface area contributed by atoms with Crippen LogP contribution >= 0.6 is 0 Å². The van der Waals surface area contributed by atoms with Gasteiger partial charge in [-0.25, -0.2) is 13.2 Å². The first-order valence-electron chi connectivity index (χ1n) is 9.21. The topological polar surface area (TPSA) is 104 Å². The molecule has 27 heavy (non-hydrogen) atoms. The maximum Gasteiger partial charge on any atom is 0.326 e. The molecule has 0 bridgehead atoms. The van der Waals surface area contributed by atoms with Gasteiger partial charge in [-0.1, -0.05) is 31.5 Å². The van der Waals surface area contributed by atoms with Crippen LogP contribution < -0.4 is 5.32 Å². The average molecular weight is 397 g/mol. The summed E-state index contributed by atoms with van der Waals surface area (Å²) in [6, 6.07) is 5.66. The molecule has 1 aliphatic rings. The summed E-state index contributed by atoms with van der Waals surface area (Å²) in [5.41, 5.74) is 0.967. The molecule has 1 aromatic carbocycles. The summed E-state index contributed by atoms with van der Waals surface area (Å²) in [5, 5.41) is 11.9. The second-order valence-electron chi connectivity index (χ2n) is 7.54. The van der Waals surface area contributed by atoms with Gasteiger partial charge in [0.1, 0.15) is 6.04 Å². The average Bonchev–Trinajstić information content (AvgIpc) is 2.61. The predicted octanol–water partition coefficient (Wildman–Crippen LogP) is 2.01. The van der Waals surface area contributed by atoms with Gasteiger partial charge in [0, 0.05) is 13.1 Å². The van der Waals surface area contributed by atoms with E-state index >= 15 is 0 Å². The fraction of sp³-hybridized carbons (Fsp3) is 0.579. The number of nitrogens with zero attached hydrogens (tertiary/aromatic N) is 1. The highest BCUT2D eigenvalue weighted by atomic mass is 32.2. The molecule has 0 saturated carbocycles. The van der Waals surface area contributed by atoms with Gasteiger partial charge in [-0.3, -0.25) is 4.79 Å². The van der Waals surface area contributed by atoms with Crippen LogP contribution in [0.1, 0.15) is 38.7 Å². The SMILES string of the molecule is Cc1ccc(S(=O)(=O)N2CCCC(C(=O)N[C@@H](CC(C)C)C(=O)O)C2)cc1. The summed E-state index contributed by atoms with van der Waals surface area (Å²) in [7, 11) is -3.67. The number of aliphatic carboxylic acids is 1. The van der Waals surface area contributed by atoms with Gasteiger partial charge in [0.05, 0.1) is 10.8 Å². The lowest BCUT2D eigenvalue weighted by Crippen LogP contribution is -2.49. The van der Waals surface area contributed by atoms with E-state index in [4.69, 9.17) is 0 Å². The van der Waals surface area contributed by atoms with Crippen molar-refractivity contribution in [3.05, 3.63) is 29.8 Å². The number of carbonyl (C=O) groups excluding carboxylic acids is 1. The number of carboxylic acid groups (broad SMARTS) is 1. The largest absolute Gasteiger partial charge is 0.480 e. The van der Waals surface area contributed by atoms with E-state index in [1.165, 1.54) is 4.31 Å². The van der Waals surface area contributed by atoms with Crippen molar-refractivity contribution >= 4 is 21.9 Å². The first kappa shape index (κ1) is 21.4. The predicted molar refractivity (Wildman–Crippen MR) is 102 cm³/mol. The number of piperidine rings is 1. The summed E-state index contributed by atoms with van der Waals surface area (Å²) in [6.07, 6.45) is 1.43. The fourth-order valence-corrected chi connectivity index (χ4v) is 4.74. The van der Waals surface area contributed by atoms with Crippen LogP contribution in [0.3, 0.4) is 0 Å². The molecule has 2 atom stereocenters. The van der Waals surface area contributed by atoms with Crippen molar-refractivity contribution in [2.75, 3.05) is 13.1 Å². The lowest BCUT2D eigenvalue weighted by molar-refractivity contribution is -0.143. The molecule has 1 amide bonds. The number of aryl methyl sites for hydroxylation is 1. The first-order chi connectivity index (χ1) is 12.6. The molecule has 1 aromatic rings. The van der Waals surface area contributed by atoms with Gasteiger partial charge < -0.3 is 10.4 Å². The molecule has 1 saturated heterocycles. The molecule has 0 spiro atoms. The van der Waals surface area contributed by atoms with Crippen LogP contribution in [0.15, 0.2) is 29.2 Å². The van der Waals surface area contributed by atoms with Gasteiger partial charge in [-0.2, -0.15) is 4.31 Å². The molecule has 0 radical (unpaired) electrons. The highest BCUT2D eigenvalue weighted by Crippen LogP contribution is 2.24. The van der Waals surface area contributed by atoms with Crippen LogP contribution in [0, 0.1) is 18.8 Å². The van der Waals surface area contributed by atoms with Gasteiger partial charge in [0.25, 0.3) is 0 Å². The van der Waals surface area contributed by atoms with E-state index in [1.54, 1.807) is 24.3 Å². The highest BCUT2D eigenvalue weighted by molar-refractivity contribution is 7.89. The van der Waals surface area contributed by atoms with Crippen molar-refractivity contribution in [1.29, 1.82) is 0 Å². The summed E-state index contributed by atoms with van der Waals surface area (Å²) < 4.78 is 27.0. The van der Waals surface area contributed by atoms with E-state index in [2.05, 4.69) is 5.32 Å². The number of sulfonamides is 1. The molecule has 1 heterocycles. The van der Waals surface area contributed by atoms with Gasteiger partial charge >= 0.3 is 5.97 Å². The summed E-state index contributed by atoms with van der Waals surface area (Å²) in [4.78, 5) is 24.1. The summed E-state index contributed by atoms with van der Waals surface area (Å²) in [5.74, 6) is -1.90. The van der Waals surface area contributed by atoms with Crippen LogP contribution in [0.2, 0.25) is 0 Å². The quantitative estimate of drug-likeness (QED) is 0.734. The van der Waals surface area contributed by atoms with Gasteiger partial charge in [0.15, 0.2) is 0 Å². The van der Waals surface area contributed by atoms with E-state index in [9.17, 15) is 23.1 Å². The second-order valence-corrected chi connectivity index (χ2v) is 9.48. The maximum atomic E-state index is 12.8. The van der Waals surface area contributed by atoms with Crippen LogP contribution in [-0.4, -0.2) is 48.8 Å². The van der Waals surface area contributed by atoms with Crippen LogP contribution in [-0.2, 0) is 19.6 Å². The number of rotatable bonds is 7. The second kappa shape index (κ2) is 8.84. The van der Waals surface area contributed by atoms with Crippen LogP contribution in [0.25, 0.3) is 0 Å². The van der Waals surface area contributed by atoms with Crippen molar-refractivity contribution < 1.29 is 23.1 Å². The maximum absolute atomic E-state index is 12.8. The fourth-order valence-electron chi connectivity index (χ4n) is 3.22. The van der Waals surface area contributed by atoms with E-state index in [1.807, 2.05) is 20.8 Å². The monoisotopic (exact) mass is 396 g/mol. The van der Waals surface area contributed by atoms with Crippen LogP contribution in [0.5, 0.6) is 0 Å². The molecule has 1 aliphatic heterocycles. The molecular formula is C19H28N2O5S. The van der Waals surface area contributed by atoms with Gasteiger partial charge in [-0.15, -0.1) is 0 Å². The molecule has 1 unspecified atom stereocenters. The van der Waals surface area contributed by atoms with Crippen molar-refractivity contribution in [2.24, 2.45) is 11.8 Å². The summed E-state index contributed by atoms with van der Waals surface area (Å²) >= 11 is 0. The van der Waals surface area contributed by atoms with E-state index in [-0.39, 0.29) is 17.4 Å². The van der Waals surface area contributed by atoms with E-state index < -0.39 is 33.9 Å².